The zero-order valence-corrected chi connectivity index (χ0v) is 18.2. The Morgan fingerprint density at radius 1 is 0.848 bits per heavy atom. The van der Waals surface area contributed by atoms with Crippen molar-refractivity contribution in [2.45, 2.75) is 18.4 Å². The van der Waals surface area contributed by atoms with Gasteiger partial charge in [-0.2, -0.15) is 4.39 Å². The molecular formula is C24H20F2N4O2S. The number of pyridine rings is 3. The Kier molecular flexibility index (Phi) is 7.11. The molecule has 0 aliphatic rings. The summed E-state index contributed by atoms with van der Waals surface area (Å²) in [6.07, 6.45) is 4.66. The molecule has 2 unspecified atom stereocenters. The summed E-state index contributed by atoms with van der Waals surface area (Å²) >= 11 is 0. The second kappa shape index (κ2) is 10.4. The minimum atomic E-state index is -2.78. The lowest BCUT2D eigenvalue weighted by Crippen LogP contribution is -2.19. The van der Waals surface area contributed by atoms with Crippen LogP contribution in [-0.2, 0) is 17.4 Å². The van der Waals surface area contributed by atoms with Crippen LogP contribution in [0, 0.1) is 11.8 Å². The lowest BCUT2D eigenvalue weighted by Gasteiger charge is -2.28. The molecule has 1 aromatic carbocycles. The summed E-state index contributed by atoms with van der Waals surface area (Å²) in [4.78, 5) is 12.7. The Hall–Kier alpha value is -3.56. The first-order valence-electron chi connectivity index (χ1n) is 10.1. The normalized spacial score (nSPS) is 13.1. The summed E-state index contributed by atoms with van der Waals surface area (Å²) in [7, 11) is -2.78. The van der Waals surface area contributed by atoms with Crippen molar-refractivity contribution < 1.29 is 17.2 Å². The Morgan fingerprint density at radius 2 is 1.64 bits per heavy atom. The van der Waals surface area contributed by atoms with Crippen LogP contribution >= 0.6 is 0 Å². The molecule has 2 atom stereocenters. The number of hydrogen-bond acceptors (Lipinski definition) is 5. The first kappa shape index (κ1) is 22.6. The molecule has 3 heterocycles. The van der Waals surface area contributed by atoms with E-state index in [9.17, 15) is 17.2 Å². The van der Waals surface area contributed by atoms with Gasteiger partial charge in [0.25, 0.3) is 0 Å². The van der Waals surface area contributed by atoms with E-state index in [1.54, 1.807) is 60.9 Å². The van der Waals surface area contributed by atoms with Crippen LogP contribution in [0.3, 0.4) is 0 Å². The molecule has 0 aliphatic carbocycles. The molecule has 0 saturated carbocycles. The van der Waals surface area contributed by atoms with Crippen LogP contribution < -0.4 is 4.72 Å². The zero-order valence-electron chi connectivity index (χ0n) is 17.3. The number of halogens is 2. The number of rotatable bonds is 8. The second-order valence-corrected chi connectivity index (χ2v) is 8.15. The quantitative estimate of drug-likeness (QED) is 0.305. The van der Waals surface area contributed by atoms with Gasteiger partial charge in [0, 0.05) is 41.7 Å². The van der Waals surface area contributed by atoms with Gasteiger partial charge in [-0.1, -0.05) is 30.3 Å². The first-order chi connectivity index (χ1) is 16.0. The minimum Gasteiger partial charge on any atom is -0.264 e. The predicted octanol–water partition coefficient (Wildman–Crippen LogP) is 3.73. The standard InChI is InChI=1S/C24H20F2N4O2S/c25-18-10-8-16(9-11-18)23(21-7-1-5-19(30-21)15-29-33(31)32)22(17-4-2-12-27-14-17)20-6-3-13-28-24(20)26/h1-14,22-23,33H,15H2,(H,29,31,32). The van der Waals surface area contributed by atoms with Crippen LogP contribution in [0.2, 0.25) is 0 Å². The van der Waals surface area contributed by atoms with Gasteiger partial charge < -0.3 is 0 Å². The van der Waals surface area contributed by atoms with Crippen molar-refractivity contribution in [2.75, 3.05) is 0 Å². The van der Waals surface area contributed by atoms with Crippen molar-refractivity contribution in [3.63, 3.8) is 0 Å². The highest BCUT2D eigenvalue weighted by atomic mass is 32.2. The molecule has 4 aromatic rings. The average molecular weight is 467 g/mol. The molecule has 0 radical (unpaired) electrons. The smallest absolute Gasteiger partial charge is 0.216 e. The maximum atomic E-state index is 15.0. The lowest BCUT2D eigenvalue weighted by atomic mass is 9.76. The molecule has 0 saturated heterocycles. The van der Waals surface area contributed by atoms with E-state index < -0.39 is 34.5 Å². The van der Waals surface area contributed by atoms with Gasteiger partial charge in [0.2, 0.25) is 16.8 Å². The van der Waals surface area contributed by atoms with Gasteiger partial charge in [0.15, 0.2) is 0 Å². The maximum absolute atomic E-state index is 15.0. The summed E-state index contributed by atoms with van der Waals surface area (Å²) in [5, 5.41) is 0. The van der Waals surface area contributed by atoms with E-state index in [0.717, 1.165) is 5.56 Å². The fourth-order valence-electron chi connectivity index (χ4n) is 3.86. The van der Waals surface area contributed by atoms with Gasteiger partial charge in [0.05, 0.1) is 12.2 Å². The average Bonchev–Trinajstić information content (AvgIpc) is 2.83. The molecule has 0 spiro atoms. The number of hydrogen-bond donors (Lipinski definition) is 2. The molecule has 168 valence electrons. The van der Waals surface area contributed by atoms with Crippen molar-refractivity contribution >= 4 is 10.9 Å². The number of aromatic nitrogens is 3. The van der Waals surface area contributed by atoms with E-state index in [1.807, 2.05) is 6.07 Å². The molecule has 1 N–H and O–H groups in total. The summed E-state index contributed by atoms with van der Waals surface area (Å²) in [6, 6.07) is 18.1. The number of nitrogens with one attached hydrogen (secondary N) is 1. The maximum Gasteiger partial charge on any atom is 0.216 e. The van der Waals surface area contributed by atoms with Gasteiger partial charge in [-0.25, -0.2) is 22.5 Å². The van der Waals surface area contributed by atoms with Crippen LogP contribution in [0.4, 0.5) is 8.78 Å². The largest absolute Gasteiger partial charge is 0.264 e. The first-order valence-corrected chi connectivity index (χ1v) is 11.3. The SMILES string of the molecule is O=[SH](=O)NCc1cccc(C(c2ccc(F)cc2)C(c2cccnc2)c2cccnc2F)n1. The van der Waals surface area contributed by atoms with Crippen LogP contribution in [0.1, 0.15) is 39.9 Å². The molecule has 0 aliphatic heterocycles. The minimum absolute atomic E-state index is 0.0154. The third-order valence-corrected chi connectivity index (χ3v) is 5.68. The van der Waals surface area contributed by atoms with Gasteiger partial charge >= 0.3 is 0 Å². The van der Waals surface area contributed by atoms with Crippen molar-refractivity contribution in [3.8, 4) is 0 Å². The van der Waals surface area contributed by atoms with Gasteiger partial charge in [-0.15, -0.1) is 0 Å². The highest BCUT2D eigenvalue weighted by molar-refractivity contribution is 7.70. The van der Waals surface area contributed by atoms with Crippen molar-refractivity contribution in [3.05, 3.63) is 125 Å². The summed E-state index contributed by atoms with van der Waals surface area (Å²) in [5.74, 6) is -2.13. The molecule has 9 heteroatoms. The third kappa shape index (κ3) is 5.44. The van der Waals surface area contributed by atoms with Gasteiger partial charge in [-0.05, 0) is 47.5 Å². The van der Waals surface area contributed by atoms with Crippen LogP contribution in [-0.4, -0.2) is 23.4 Å². The van der Waals surface area contributed by atoms with E-state index in [0.29, 0.717) is 22.5 Å². The van der Waals surface area contributed by atoms with E-state index in [1.165, 1.54) is 18.3 Å². The monoisotopic (exact) mass is 466 g/mol. The van der Waals surface area contributed by atoms with E-state index in [2.05, 4.69) is 19.7 Å². The molecule has 4 rings (SSSR count). The molecule has 0 amide bonds. The highest BCUT2D eigenvalue weighted by Crippen LogP contribution is 2.42. The number of thiol groups is 1. The Morgan fingerprint density at radius 3 is 2.33 bits per heavy atom. The van der Waals surface area contributed by atoms with Crippen molar-refractivity contribution in [1.29, 1.82) is 0 Å². The van der Waals surface area contributed by atoms with Gasteiger partial charge in [0.1, 0.15) is 5.82 Å². The fraction of sp³-hybridized carbons (Fsp3) is 0.125. The number of nitrogens with zero attached hydrogens (tertiary/aromatic N) is 3. The summed E-state index contributed by atoms with van der Waals surface area (Å²) in [5.41, 5.74) is 2.84. The topological polar surface area (TPSA) is 84.8 Å². The molecule has 3 aromatic heterocycles. The van der Waals surface area contributed by atoms with Crippen LogP contribution in [0.25, 0.3) is 0 Å². The summed E-state index contributed by atoms with van der Waals surface area (Å²) in [6.45, 7) is 0.0154. The summed E-state index contributed by atoms with van der Waals surface area (Å²) < 4.78 is 53.0. The van der Waals surface area contributed by atoms with Crippen LogP contribution in [0.5, 0.6) is 0 Å². The molecule has 33 heavy (non-hydrogen) atoms. The second-order valence-electron chi connectivity index (χ2n) is 7.32. The Labute approximate surface area is 191 Å². The Balaban J connectivity index is 1.92. The van der Waals surface area contributed by atoms with E-state index >= 15 is 0 Å². The van der Waals surface area contributed by atoms with Crippen molar-refractivity contribution in [2.24, 2.45) is 0 Å². The third-order valence-electron chi connectivity index (χ3n) is 5.27. The molecule has 6 nitrogen and oxygen atoms in total. The molecule has 0 bridgehead atoms. The molecule has 0 fully saturated rings. The zero-order chi connectivity index (χ0) is 23.2. The van der Waals surface area contributed by atoms with Crippen LogP contribution in [0.15, 0.2) is 85.3 Å². The Bertz CT molecular complexity index is 1290. The number of benzene rings is 1. The van der Waals surface area contributed by atoms with E-state index in [-0.39, 0.29) is 6.54 Å². The van der Waals surface area contributed by atoms with E-state index in [4.69, 9.17) is 0 Å². The van der Waals surface area contributed by atoms with Gasteiger partial charge in [-0.3, -0.25) is 9.97 Å². The fourth-order valence-corrected chi connectivity index (χ4v) is 4.15. The molecular weight excluding hydrogens is 446 g/mol. The highest BCUT2D eigenvalue weighted by Gasteiger charge is 2.32. The lowest BCUT2D eigenvalue weighted by molar-refractivity contribution is 0.539. The predicted molar refractivity (Wildman–Crippen MR) is 120 cm³/mol. The van der Waals surface area contributed by atoms with Crippen molar-refractivity contribution in [1.82, 2.24) is 19.7 Å².